The average Bonchev–Trinajstić information content (AvgIpc) is 2.85. The van der Waals surface area contributed by atoms with Gasteiger partial charge in [-0.2, -0.15) is 5.26 Å². The van der Waals surface area contributed by atoms with Gasteiger partial charge < -0.3 is 0 Å². The van der Waals surface area contributed by atoms with Gasteiger partial charge in [0.25, 0.3) is 0 Å². The van der Waals surface area contributed by atoms with Gasteiger partial charge in [-0.1, -0.05) is 6.92 Å². The van der Waals surface area contributed by atoms with E-state index in [-0.39, 0.29) is 0 Å². The standard InChI is InChI=1S/C12H12FN5S/c1-2-5-18-12(15-16-17-18)8-19-11-4-3-9(7-14)6-10(11)13/h3-4,6H,2,5,8H2,1H3. The lowest BCUT2D eigenvalue weighted by Crippen LogP contribution is -2.04. The van der Waals surface area contributed by atoms with E-state index in [1.54, 1.807) is 16.8 Å². The van der Waals surface area contributed by atoms with Crippen LogP contribution in [0.1, 0.15) is 24.7 Å². The van der Waals surface area contributed by atoms with E-state index in [2.05, 4.69) is 15.5 Å². The zero-order valence-electron chi connectivity index (χ0n) is 10.4. The first-order chi connectivity index (χ1) is 9.24. The van der Waals surface area contributed by atoms with E-state index in [1.165, 1.54) is 17.8 Å². The van der Waals surface area contributed by atoms with Gasteiger partial charge in [0.15, 0.2) is 5.82 Å². The van der Waals surface area contributed by atoms with Crippen LogP contribution in [0.25, 0.3) is 0 Å². The Hall–Kier alpha value is -1.94. The maximum absolute atomic E-state index is 13.7. The average molecular weight is 277 g/mol. The Morgan fingerprint density at radius 1 is 1.47 bits per heavy atom. The summed E-state index contributed by atoms with van der Waals surface area (Å²) in [5, 5.41) is 20.1. The Morgan fingerprint density at radius 2 is 2.32 bits per heavy atom. The van der Waals surface area contributed by atoms with Gasteiger partial charge in [0, 0.05) is 11.4 Å². The van der Waals surface area contributed by atoms with Crippen LogP contribution in [0.2, 0.25) is 0 Å². The first-order valence-electron chi connectivity index (χ1n) is 5.82. The zero-order chi connectivity index (χ0) is 13.7. The smallest absolute Gasteiger partial charge is 0.161 e. The molecule has 98 valence electrons. The van der Waals surface area contributed by atoms with Crippen molar-refractivity contribution in [3.63, 3.8) is 0 Å². The van der Waals surface area contributed by atoms with Crippen LogP contribution in [-0.2, 0) is 12.3 Å². The summed E-state index contributed by atoms with van der Waals surface area (Å²) in [7, 11) is 0. The number of thioether (sulfide) groups is 1. The van der Waals surface area contributed by atoms with Gasteiger partial charge in [-0.25, -0.2) is 9.07 Å². The number of hydrogen-bond acceptors (Lipinski definition) is 5. The molecule has 1 heterocycles. The van der Waals surface area contributed by atoms with E-state index in [1.807, 2.05) is 13.0 Å². The summed E-state index contributed by atoms with van der Waals surface area (Å²) in [6.07, 6.45) is 0.938. The Bertz CT molecular complexity index is 604. The van der Waals surface area contributed by atoms with Gasteiger partial charge in [-0.15, -0.1) is 16.9 Å². The third-order valence-corrected chi connectivity index (χ3v) is 3.50. The molecule has 19 heavy (non-hydrogen) atoms. The highest BCUT2D eigenvalue weighted by atomic mass is 32.2. The maximum Gasteiger partial charge on any atom is 0.161 e. The van der Waals surface area contributed by atoms with E-state index < -0.39 is 5.82 Å². The Labute approximate surface area is 114 Å². The zero-order valence-corrected chi connectivity index (χ0v) is 11.2. The summed E-state index contributed by atoms with van der Waals surface area (Å²) in [5.74, 6) is 0.824. The Balaban J connectivity index is 2.06. The molecule has 0 aliphatic rings. The highest BCUT2D eigenvalue weighted by molar-refractivity contribution is 7.98. The largest absolute Gasteiger partial charge is 0.229 e. The number of aryl methyl sites for hydroxylation is 1. The molecule has 0 N–H and O–H groups in total. The predicted molar refractivity (Wildman–Crippen MR) is 68.8 cm³/mol. The third-order valence-electron chi connectivity index (χ3n) is 2.46. The molecule has 0 amide bonds. The molecule has 1 aromatic carbocycles. The number of tetrazole rings is 1. The molecule has 0 fully saturated rings. The molecule has 0 saturated heterocycles. The minimum absolute atomic E-state index is 0.317. The van der Waals surface area contributed by atoms with Gasteiger partial charge in [0.2, 0.25) is 0 Å². The molecule has 0 bridgehead atoms. The van der Waals surface area contributed by atoms with Crippen LogP contribution in [0.4, 0.5) is 4.39 Å². The topological polar surface area (TPSA) is 67.4 Å². The number of benzene rings is 1. The van der Waals surface area contributed by atoms with Crippen LogP contribution >= 0.6 is 11.8 Å². The molecule has 0 saturated carbocycles. The second kappa shape index (κ2) is 6.29. The van der Waals surface area contributed by atoms with Crippen molar-refractivity contribution < 1.29 is 4.39 Å². The van der Waals surface area contributed by atoms with E-state index in [0.717, 1.165) is 18.8 Å². The van der Waals surface area contributed by atoms with Crippen molar-refractivity contribution in [3.8, 4) is 6.07 Å². The summed E-state index contributed by atoms with van der Waals surface area (Å²) in [4.78, 5) is 0.491. The van der Waals surface area contributed by atoms with Crippen molar-refractivity contribution in [1.82, 2.24) is 20.2 Å². The van der Waals surface area contributed by atoms with Crippen LogP contribution in [0.3, 0.4) is 0 Å². The lowest BCUT2D eigenvalue weighted by Gasteiger charge is -2.04. The number of aromatic nitrogens is 4. The molecule has 0 aliphatic heterocycles. The van der Waals surface area contributed by atoms with Gasteiger partial charge in [0.1, 0.15) is 5.82 Å². The molecule has 0 spiro atoms. The first kappa shape index (κ1) is 13.5. The van der Waals surface area contributed by atoms with E-state index in [9.17, 15) is 4.39 Å². The van der Waals surface area contributed by atoms with Gasteiger partial charge in [0.05, 0.1) is 17.4 Å². The fraction of sp³-hybridized carbons (Fsp3) is 0.333. The van der Waals surface area contributed by atoms with Crippen LogP contribution in [-0.4, -0.2) is 20.2 Å². The highest BCUT2D eigenvalue weighted by Crippen LogP contribution is 2.25. The number of rotatable bonds is 5. The molecule has 7 heteroatoms. The van der Waals surface area contributed by atoms with Crippen molar-refractivity contribution in [2.75, 3.05) is 0 Å². The molecule has 0 aliphatic carbocycles. The third kappa shape index (κ3) is 3.29. The predicted octanol–water partition coefficient (Wildman–Crippen LogP) is 2.39. The SMILES string of the molecule is CCCn1nnnc1CSc1ccc(C#N)cc1F. The van der Waals surface area contributed by atoms with Crippen molar-refractivity contribution >= 4 is 11.8 Å². The van der Waals surface area contributed by atoms with E-state index >= 15 is 0 Å². The number of nitriles is 1. The monoisotopic (exact) mass is 277 g/mol. The first-order valence-corrected chi connectivity index (χ1v) is 6.80. The number of halogens is 1. The van der Waals surface area contributed by atoms with Crippen molar-refractivity contribution in [1.29, 1.82) is 5.26 Å². The minimum Gasteiger partial charge on any atom is -0.229 e. The molecular weight excluding hydrogens is 265 g/mol. The van der Waals surface area contributed by atoms with E-state index in [4.69, 9.17) is 5.26 Å². The number of nitrogens with zero attached hydrogens (tertiary/aromatic N) is 5. The molecule has 2 rings (SSSR count). The molecular formula is C12H12FN5S. The summed E-state index contributed by atoms with van der Waals surface area (Å²) in [6, 6.07) is 6.34. The van der Waals surface area contributed by atoms with Crippen LogP contribution < -0.4 is 0 Å². The minimum atomic E-state index is -0.390. The normalized spacial score (nSPS) is 10.4. The quantitative estimate of drug-likeness (QED) is 0.785. The lowest BCUT2D eigenvalue weighted by atomic mass is 10.2. The molecule has 1 aromatic heterocycles. The molecule has 2 aromatic rings. The second-order valence-corrected chi connectivity index (χ2v) is 4.88. The Kier molecular flexibility index (Phi) is 4.47. The molecule has 0 unspecified atom stereocenters. The lowest BCUT2D eigenvalue weighted by molar-refractivity contribution is 0.564. The van der Waals surface area contributed by atoms with Crippen LogP contribution in [0, 0.1) is 17.1 Å². The van der Waals surface area contributed by atoms with Crippen LogP contribution in [0.5, 0.6) is 0 Å². The maximum atomic E-state index is 13.7. The van der Waals surface area contributed by atoms with Crippen molar-refractivity contribution in [3.05, 3.63) is 35.4 Å². The summed E-state index contributed by atoms with van der Waals surface area (Å²) in [5.41, 5.74) is 0.317. The summed E-state index contributed by atoms with van der Waals surface area (Å²) in [6.45, 7) is 2.79. The molecule has 5 nitrogen and oxygen atoms in total. The number of hydrogen-bond donors (Lipinski definition) is 0. The van der Waals surface area contributed by atoms with Crippen molar-refractivity contribution in [2.45, 2.75) is 30.5 Å². The Morgan fingerprint density at radius 3 is 3.00 bits per heavy atom. The summed E-state index contributed by atoms with van der Waals surface area (Å²) >= 11 is 1.32. The van der Waals surface area contributed by atoms with Crippen LogP contribution in [0.15, 0.2) is 23.1 Å². The molecule has 0 radical (unpaired) electrons. The molecule has 0 atom stereocenters. The van der Waals surface area contributed by atoms with E-state index in [0.29, 0.717) is 16.2 Å². The van der Waals surface area contributed by atoms with Crippen molar-refractivity contribution in [2.24, 2.45) is 0 Å². The van der Waals surface area contributed by atoms with Gasteiger partial charge in [-0.05, 0) is 35.0 Å². The van der Waals surface area contributed by atoms with Gasteiger partial charge in [-0.3, -0.25) is 0 Å². The van der Waals surface area contributed by atoms with Gasteiger partial charge >= 0.3 is 0 Å². The highest BCUT2D eigenvalue weighted by Gasteiger charge is 2.09. The fourth-order valence-electron chi connectivity index (χ4n) is 1.54. The fourth-order valence-corrected chi connectivity index (χ4v) is 2.39. The second-order valence-electron chi connectivity index (χ2n) is 3.86. The summed E-state index contributed by atoms with van der Waals surface area (Å²) < 4.78 is 15.4.